The van der Waals surface area contributed by atoms with E-state index in [0.29, 0.717) is 6.42 Å². The number of rotatable bonds is 3. The quantitative estimate of drug-likeness (QED) is 0.778. The monoisotopic (exact) mass is 206 g/mol. The molecule has 5 nitrogen and oxygen atoms in total. The molecule has 0 radical (unpaired) electrons. The molecule has 0 aliphatic rings. The van der Waals surface area contributed by atoms with E-state index < -0.39 is 6.10 Å². The van der Waals surface area contributed by atoms with Crippen LogP contribution >= 0.6 is 0 Å². The second kappa shape index (κ2) is 3.86. The van der Waals surface area contributed by atoms with Crippen LogP contribution in [0.3, 0.4) is 0 Å². The molecular formula is C10H14N4O. The van der Waals surface area contributed by atoms with Crippen molar-refractivity contribution in [3.05, 3.63) is 35.4 Å². The minimum Gasteiger partial charge on any atom is -0.388 e. The fraction of sp³-hybridized carbons (Fsp3) is 0.400. The van der Waals surface area contributed by atoms with Crippen LogP contribution < -0.4 is 0 Å². The van der Waals surface area contributed by atoms with E-state index in [1.165, 1.54) is 0 Å². The van der Waals surface area contributed by atoms with Crippen LogP contribution in [0.25, 0.3) is 0 Å². The highest BCUT2D eigenvalue weighted by Crippen LogP contribution is 2.18. The maximum absolute atomic E-state index is 9.90. The van der Waals surface area contributed by atoms with Crippen LogP contribution in [0, 0.1) is 6.92 Å². The summed E-state index contributed by atoms with van der Waals surface area (Å²) in [4.78, 5) is 0. The average Bonchev–Trinajstić information content (AvgIpc) is 2.83. The molecule has 1 atom stereocenters. The van der Waals surface area contributed by atoms with Crippen LogP contribution in [-0.2, 0) is 13.5 Å². The third-order valence-corrected chi connectivity index (χ3v) is 2.65. The van der Waals surface area contributed by atoms with Crippen LogP contribution in [-0.4, -0.2) is 25.1 Å². The minimum absolute atomic E-state index is 0.522. The molecule has 2 aromatic heterocycles. The van der Waals surface area contributed by atoms with E-state index in [2.05, 4.69) is 15.3 Å². The predicted octanol–water partition coefficient (Wildman–Crippen LogP) is 0.728. The fourth-order valence-electron chi connectivity index (χ4n) is 1.51. The molecule has 0 aromatic carbocycles. The third-order valence-electron chi connectivity index (χ3n) is 2.65. The molecule has 1 unspecified atom stereocenters. The average molecular weight is 206 g/mol. The largest absolute Gasteiger partial charge is 0.388 e. The van der Waals surface area contributed by atoms with Gasteiger partial charge < -0.3 is 5.11 Å². The van der Waals surface area contributed by atoms with Crippen LogP contribution in [0.4, 0.5) is 0 Å². The maximum atomic E-state index is 9.90. The standard InChI is InChI=1S/C10H14N4O/c1-7-8(6-13-14(7)2)3-10(15)9-4-11-12-5-9/h4-6,10,15H,3H2,1-2H3,(H,11,12). The number of aliphatic hydroxyl groups is 1. The molecule has 15 heavy (non-hydrogen) atoms. The topological polar surface area (TPSA) is 66.7 Å². The first-order chi connectivity index (χ1) is 7.18. The first kappa shape index (κ1) is 9.92. The highest BCUT2D eigenvalue weighted by Gasteiger charge is 2.12. The molecule has 0 bridgehead atoms. The Labute approximate surface area is 87.7 Å². The predicted molar refractivity (Wildman–Crippen MR) is 55.2 cm³/mol. The molecule has 2 rings (SSSR count). The zero-order chi connectivity index (χ0) is 10.8. The fourth-order valence-corrected chi connectivity index (χ4v) is 1.51. The maximum Gasteiger partial charge on any atom is 0.0861 e. The number of hydrogen-bond donors (Lipinski definition) is 2. The van der Waals surface area contributed by atoms with Gasteiger partial charge in [-0.15, -0.1) is 0 Å². The molecule has 0 saturated heterocycles. The molecule has 0 aliphatic heterocycles. The van der Waals surface area contributed by atoms with Gasteiger partial charge in [0.15, 0.2) is 0 Å². The smallest absolute Gasteiger partial charge is 0.0861 e. The second-order valence-electron chi connectivity index (χ2n) is 3.63. The number of H-pyrrole nitrogens is 1. The molecule has 0 amide bonds. The van der Waals surface area contributed by atoms with Gasteiger partial charge in [0.05, 0.1) is 18.5 Å². The van der Waals surface area contributed by atoms with Crippen molar-refractivity contribution in [3.63, 3.8) is 0 Å². The van der Waals surface area contributed by atoms with Crippen LogP contribution in [0.1, 0.15) is 22.9 Å². The van der Waals surface area contributed by atoms with Crippen molar-refractivity contribution < 1.29 is 5.11 Å². The van der Waals surface area contributed by atoms with Crippen molar-refractivity contribution >= 4 is 0 Å². The van der Waals surface area contributed by atoms with Gasteiger partial charge in [-0.1, -0.05) is 0 Å². The summed E-state index contributed by atoms with van der Waals surface area (Å²) in [5, 5.41) is 20.5. The lowest BCUT2D eigenvalue weighted by Crippen LogP contribution is -2.02. The van der Waals surface area contributed by atoms with Gasteiger partial charge in [-0.2, -0.15) is 10.2 Å². The van der Waals surface area contributed by atoms with Crippen molar-refractivity contribution in [3.8, 4) is 0 Å². The van der Waals surface area contributed by atoms with E-state index in [-0.39, 0.29) is 0 Å². The Morgan fingerprint density at radius 2 is 2.33 bits per heavy atom. The van der Waals surface area contributed by atoms with Gasteiger partial charge in [0.2, 0.25) is 0 Å². The number of nitrogens with one attached hydrogen (secondary N) is 1. The van der Waals surface area contributed by atoms with Gasteiger partial charge in [-0.3, -0.25) is 9.78 Å². The van der Waals surface area contributed by atoms with Crippen molar-refractivity contribution in [1.29, 1.82) is 0 Å². The SMILES string of the molecule is Cc1c(CC(O)c2cn[nH]c2)cnn1C. The van der Waals surface area contributed by atoms with Gasteiger partial charge in [0.1, 0.15) is 0 Å². The summed E-state index contributed by atoms with van der Waals surface area (Å²) in [5.74, 6) is 0. The van der Waals surface area contributed by atoms with E-state index in [0.717, 1.165) is 16.8 Å². The summed E-state index contributed by atoms with van der Waals surface area (Å²) < 4.78 is 1.80. The lowest BCUT2D eigenvalue weighted by Gasteiger charge is -2.07. The van der Waals surface area contributed by atoms with E-state index in [1.807, 2.05) is 14.0 Å². The van der Waals surface area contributed by atoms with E-state index in [4.69, 9.17) is 0 Å². The summed E-state index contributed by atoms with van der Waals surface area (Å²) >= 11 is 0. The zero-order valence-electron chi connectivity index (χ0n) is 8.81. The molecule has 2 heterocycles. The molecule has 0 fully saturated rings. The highest BCUT2D eigenvalue weighted by atomic mass is 16.3. The Hall–Kier alpha value is -1.62. The number of aliphatic hydroxyl groups excluding tert-OH is 1. The summed E-state index contributed by atoms with van der Waals surface area (Å²) in [6, 6.07) is 0. The molecule has 0 saturated carbocycles. The van der Waals surface area contributed by atoms with Crippen molar-refractivity contribution in [2.75, 3.05) is 0 Å². The van der Waals surface area contributed by atoms with Crippen LogP contribution in [0.2, 0.25) is 0 Å². The van der Waals surface area contributed by atoms with Gasteiger partial charge in [0, 0.05) is 30.9 Å². The van der Waals surface area contributed by atoms with Crippen LogP contribution in [0.15, 0.2) is 18.6 Å². The third kappa shape index (κ3) is 1.92. The Bertz CT molecular complexity index is 432. The lowest BCUT2D eigenvalue weighted by molar-refractivity contribution is 0.178. The van der Waals surface area contributed by atoms with E-state index in [1.54, 1.807) is 23.3 Å². The number of hydrogen-bond acceptors (Lipinski definition) is 3. The van der Waals surface area contributed by atoms with Crippen molar-refractivity contribution in [1.82, 2.24) is 20.0 Å². The number of aryl methyl sites for hydroxylation is 1. The Balaban J connectivity index is 2.12. The molecule has 0 spiro atoms. The minimum atomic E-state index is -0.522. The number of aromatic nitrogens is 4. The number of aromatic amines is 1. The molecule has 0 aliphatic carbocycles. The Morgan fingerprint density at radius 1 is 1.53 bits per heavy atom. The van der Waals surface area contributed by atoms with Gasteiger partial charge in [-0.25, -0.2) is 0 Å². The molecular weight excluding hydrogens is 192 g/mol. The lowest BCUT2D eigenvalue weighted by atomic mass is 10.1. The van der Waals surface area contributed by atoms with E-state index >= 15 is 0 Å². The van der Waals surface area contributed by atoms with Crippen molar-refractivity contribution in [2.45, 2.75) is 19.4 Å². The molecule has 5 heteroatoms. The summed E-state index contributed by atoms with van der Waals surface area (Å²) in [6.45, 7) is 1.99. The van der Waals surface area contributed by atoms with E-state index in [9.17, 15) is 5.11 Å². The molecule has 2 N–H and O–H groups in total. The second-order valence-corrected chi connectivity index (χ2v) is 3.63. The summed E-state index contributed by atoms with van der Waals surface area (Å²) in [6.07, 6.45) is 5.18. The summed E-state index contributed by atoms with van der Waals surface area (Å²) in [7, 11) is 1.89. The van der Waals surface area contributed by atoms with Gasteiger partial charge in [-0.05, 0) is 12.5 Å². The van der Waals surface area contributed by atoms with Gasteiger partial charge >= 0.3 is 0 Å². The van der Waals surface area contributed by atoms with Gasteiger partial charge in [0.25, 0.3) is 0 Å². The first-order valence-corrected chi connectivity index (χ1v) is 4.82. The molecule has 80 valence electrons. The molecule has 2 aromatic rings. The normalized spacial score (nSPS) is 13.0. The number of nitrogens with zero attached hydrogens (tertiary/aromatic N) is 3. The highest BCUT2D eigenvalue weighted by molar-refractivity contribution is 5.19. The Morgan fingerprint density at radius 3 is 2.87 bits per heavy atom. The Kier molecular flexibility index (Phi) is 2.55. The first-order valence-electron chi connectivity index (χ1n) is 4.82. The zero-order valence-corrected chi connectivity index (χ0v) is 8.81. The van der Waals surface area contributed by atoms with Crippen molar-refractivity contribution in [2.24, 2.45) is 7.05 Å². The van der Waals surface area contributed by atoms with Crippen LogP contribution in [0.5, 0.6) is 0 Å². The summed E-state index contributed by atoms with van der Waals surface area (Å²) in [5.41, 5.74) is 2.95.